The van der Waals surface area contributed by atoms with Crippen LogP contribution in [0.5, 0.6) is 5.75 Å². The van der Waals surface area contributed by atoms with Gasteiger partial charge in [-0.1, -0.05) is 17.7 Å². The fourth-order valence-electron chi connectivity index (χ4n) is 1.81. The summed E-state index contributed by atoms with van der Waals surface area (Å²) in [7, 11) is 0. The van der Waals surface area contributed by atoms with Gasteiger partial charge in [-0.2, -0.15) is 0 Å². The minimum Gasteiger partial charge on any atom is -0.491 e. The first kappa shape index (κ1) is 15.7. The molecule has 0 radical (unpaired) electrons. The van der Waals surface area contributed by atoms with Crippen LogP contribution in [0, 0.1) is 0 Å². The van der Waals surface area contributed by atoms with Crippen LogP contribution in [-0.2, 0) is 0 Å². The molecule has 2 aromatic carbocycles. The zero-order valence-corrected chi connectivity index (χ0v) is 13.7. The van der Waals surface area contributed by atoms with Gasteiger partial charge in [-0.05, 0) is 53.2 Å². The van der Waals surface area contributed by atoms with Gasteiger partial charge in [0.15, 0.2) is 5.75 Å². The molecule has 1 amide bonds. The molecule has 0 atom stereocenters. The van der Waals surface area contributed by atoms with E-state index < -0.39 is 0 Å². The Labute approximate surface area is 136 Å². The number of nitrogens with two attached hydrogens (primary N) is 1. The van der Waals surface area contributed by atoms with Crippen molar-refractivity contribution in [1.29, 1.82) is 0 Å². The Morgan fingerprint density at radius 1 is 1.38 bits per heavy atom. The Morgan fingerprint density at radius 3 is 2.81 bits per heavy atom. The fourth-order valence-corrected chi connectivity index (χ4v) is 2.31. The SMILES string of the molecule is CCOc1c(N)cccc1C(=O)Nc1ccc(Cl)c(Br)c1. The van der Waals surface area contributed by atoms with Gasteiger partial charge >= 0.3 is 0 Å². The Hall–Kier alpha value is -1.72. The summed E-state index contributed by atoms with van der Waals surface area (Å²) in [4.78, 5) is 12.4. The molecule has 0 unspecified atom stereocenters. The number of anilines is 2. The Kier molecular flexibility index (Phi) is 5.09. The quantitative estimate of drug-likeness (QED) is 0.788. The summed E-state index contributed by atoms with van der Waals surface area (Å²) in [6.45, 7) is 2.27. The molecule has 0 aromatic heterocycles. The number of nitrogens with one attached hydrogen (secondary N) is 1. The molecule has 4 nitrogen and oxygen atoms in total. The predicted molar refractivity (Wildman–Crippen MR) is 89.1 cm³/mol. The number of ether oxygens (including phenoxy) is 1. The number of halogens is 2. The first-order valence-electron chi connectivity index (χ1n) is 6.30. The van der Waals surface area contributed by atoms with Gasteiger partial charge in [0, 0.05) is 10.2 Å². The van der Waals surface area contributed by atoms with Gasteiger partial charge in [-0.15, -0.1) is 0 Å². The molecule has 0 saturated heterocycles. The largest absolute Gasteiger partial charge is 0.491 e. The highest BCUT2D eigenvalue weighted by Gasteiger charge is 2.15. The van der Waals surface area contributed by atoms with Crippen molar-refractivity contribution >= 4 is 44.8 Å². The summed E-state index contributed by atoms with van der Waals surface area (Å²) < 4.78 is 6.16. The van der Waals surface area contributed by atoms with E-state index in [0.29, 0.717) is 38.8 Å². The molecule has 0 bridgehead atoms. The third-order valence-electron chi connectivity index (χ3n) is 2.76. The zero-order chi connectivity index (χ0) is 15.4. The highest BCUT2D eigenvalue weighted by Crippen LogP contribution is 2.29. The van der Waals surface area contributed by atoms with E-state index >= 15 is 0 Å². The number of benzene rings is 2. The molecule has 0 aliphatic carbocycles. The third-order valence-corrected chi connectivity index (χ3v) is 3.97. The number of rotatable bonds is 4. The first-order valence-corrected chi connectivity index (χ1v) is 7.47. The lowest BCUT2D eigenvalue weighted by Gasteiger charge is -2.13. The van der Waals surface area contributed by atoms with Crippen molar-refractivity contribution in [3.05, 3.63) is 51.5 Å². The molecule has 21 heavy (non-hydrogen) atoms. The van der Waals surface area contributed by atoms with E-state index in [0.717, 1.165) is 0 Å². The van der Waals surface area contributed by atoms with Gasteiger partial charge in [-0.3, -0.25) is 4.79 Å². The van der Waals surface area contributed by atoms with E-state index in [1.54, 1.807) is 36.4 Å². The number of hydrogen-bond donors (Lipinski definition) is 2. The van der Waals surface area contributed by atoms with Gasteiger partial charge in [-0.25, -0.2) is 0 Å². The van der Waals surface area contributed by atoms with Crippen molar-refractivity contribution in [2.45, 2.75) is 6.92 Å². The van der Waals surface area contributed by atoms with Crippen molar-refractivity contribution in [3.63, 3.8) is 0 Å². The minimum atomic E-state index is -0.292. The second kappa shape index (κ2) is 6.83. The summed E-state index contributed by atoms with van der Waals surface area (Å²) in [5.41, 5.74) is 7.30. The van der Waals surface area contributed by atoms with E-state index in [1.807, 2.05) is 6.92 Å². The summed E-state index contributed by atoms with van der Waals surface area (Å²) in [5, 5.41) is 3.37. The van der Waals surface area contributed by atoms with Gasteiger partial charge in [0.2, 0.25) is 0 Å². The lowest BCUT2D eigenvalue weighted by atomic mass is 10.1. The van der Waals surface area contributed by atoms with Crippen molar-refractivity contribution < 1.29 is 9.53 Å². The van der Waals surface area contributed by atoms with Crippen molar-refractivity contribution in [2.24, 2.45) is 0 Å². The molecule has 0 heterocycles. The minimum absolute atomic E-state index is 0.292. The van der Waals surface area contributed by atoms with Crippen LogP contribution in [0.2, 0.25) is 5.02 Å². The number of carbonyl (C=O) groups excluding carboxylic acids is 1. The molecule has 2 rings (SSSR count). The number of amides is 1. The van der Waals surface area contributed by atoms with Crippen LogP contribution in [-0.4, -0.2) is 12.5 Å². The molecule has 0 saturated carbocycles. The molecule has 0 spiro atoms. The number of para-hydroxylation sites is 1. The molecule has 6 heteroatoms. The third kappa shape index (κ3) is 3.68. The Bertz CT molecular complexity index is 677. The summed E-state index contributed by atoms with van der Waals surface area (Å²) >= 11 is 9.24. The lowest BCUT2D eigenvalue weighted by Crippen LogP contribution is -2.14. The maximum absolute atomic E-state index is 12.4. The van der Waals surface area contributed by atoms with Crippen LogP contribution in [0.4, 0.5) is 11.4 Å². The maximum Gasteiger partial charge on any atom is 0.259 e. The highest BCUT2D eigenvalue weighted by atomic mass is 79.9. The van der Waals surface area contributed by atoms with Gasteiger partial charge < -0.3 is 15.8 Å². The van der Waals surface area contributed by atoms with Crippen LogP contribution in [0.15, 0.2) is 40.9 Å². The smallest absolute Gasteiger partial charge is 0.259 e. The second-order valence-corrected chi connectivity index (χ2v) is 5.50. The number of carbonyl (C=O) groups is 1. The van der Waals surface area contributed by atoms with Crippen molar-refractivity contribution in [3.8, 4) is 5.75 Å². The van der Waals surface area contributed by atoms with Crippen molar-refractivity contribution in [1.82, 2.24) is 0 Å². The van der Waals surface area contributed by atoms with Crippen LogP contribution >= 0.6 is 27.5 Å². The lowest BCUT2D eigenvalue weighted by molar-refractivity contribution is 0.102. The van der Waals surface area contributed by atoms with Gasteiger partial charge in [0.1, 0.15) is 0 Å². The molecule has 110 valence electrons. The van der Waals surface area contributed by atoms with Crippen LogP contribution in [0.25, 0.3) is 0 Å². The average molecular weight is 370 g/mol. The fraction of sp³-hybridized carbons (Fsp3) is 0.133. The Morgan fingerprint density at radius 2 is 2.14 bits per heavy atom. The number of hydrogen-bond acceptors (Lipinski definition) is 3. The standard InChI is InChI=1S/C15H14BrClN2O2/c1-2-21-14-10(4-3-5-13(14)18)15(20)19-9-6-7-12(17)11(16)8-9/h3-8H,2,18H2,1H3,(H,19,20). The molecule has 3 N–H and O–H groups in total. The van der Waals surface area contributed by atoms with Gasteiger partial charge in [0.25, 0.3) is 5.91 Å². The summed E-state index contributed by atoms with van der Waals surface area (Å²) in [6.07, 6.45) is 0. The molecular weight excluding hydrogens is 356 g/mol. The van der Waals surface area contributed by atoms with E-state index in [2.05, 4.69) is 21.2 Å². The normalized spacial score (nSPS) is 10.2. The molecule has 2 aromatic rings. The van der Waals surface area contributed by atoms with Gasteiger partial charge in [0.05, 0.1) is 22.9 Å². The molecule has 0 fully saturated rings. The monoisotopic (exact) mass is 368 g/mol. The summed E-state index contributed by atoms with van der Waals surface area (Å²) in [5.74, 6) is 0.102. The maximum atomic E-state index is 12.4. The second-order valence-electron chi connectivity index (χ2n) is 4.24. The first-order chi connectivity index (χ1) is 10.0. The predicted octanol–water partition coefficient (Wildman–Crippen LogP) is 4.34. The average Bonchev–Trinajstić information content (AvgIpc) is 2.45. The van der Waals surface area contributed by atoms with E-state index in [4.69, 9.17) is 22.1 Å². The molecular formula is C15H14BrClN2O2. The zero-order valence-electron chi connectivity index (χ0n) is 11.3. The van der Waals surface area contributed by atoms with Crippen molar-refractivity contribution in [2.75, 3.05) is 17.7 Å². The van der Waals surface area contributed by atoms with Crippen LogP contribution in [0.3, 0.4) is 0 Å². The van der Waals surface area contributed by atoms with E-state index in [-0.39, 0.29) is 5.91 Å². The topological polar surface area (TPSA) is 64.3 Å². The Balaban J connectivity index is 2.28. The van der Waals surface area contributed by atoms with Crippen LogP contribution < -0.4 is 15.8 Å². The number of nitrogen functional groups attached to an aromatic ring is 1. The van der Waals surface area contributed by atoms with Crippen LogP contribution in [0.1, 0.15) is 17.3 Å². The highest BCUT2D eigenvalue weighted by molar-refractivity contribution is 9.10. The van der Waals surface area contributed by atoms with E-state index in [1.165, 1.54) is 0 Å². The van der Waals surface area contributed by atoms with E-state index in [9.17, 15) is 4.79 Å². The summed E-state index contributed by atoms with van der Waals surface area (Å²) in [6, 6.07) is 10.2. The molecule has 0 aliphatic heterocycles. The molecule has 0 aliphatic rings.